The van der Waals surface area contributed by atoms with E-state index in [0.29, 0.717) is 34.8 Å². The summed E-state index contributed by atoms with van der Waals surface area (Å²) in [5, 5.41) is 0.572. The van der Waals surface area contributed by atoms with Crippen molar-refractivity contribution in [1.82, 2.24) is 9.55 Å². The fourth-order valence-corrected chi connectivity index (χ4v) is 3.68. The summed E-state index contributed by atoms with van der Waals surface area (Å²) in [5.74, 6) is 2.59. The van der Waals surface area contributed by atoms with Crippen LogP contribution in [-0.2, 0) is 6.54 Å². The van der Waals surface area contributed by atoms with E-state index in [4.69, 9.17) is 19.2 Å². The second kappa shape index (κ2) is 10.0. The molecule has 0 aliphatic rings. The Labute approximate surface area is 192 Å². The molecule has 0 aliphatic carbocycles. The third-order valence-electron chi connectivity index (χ3n) is 5.33. The van der Waals surface area contributed by atoms with E-state index < -0.39 is 0 Å². The first-order valence-electron chi connectivity index (χ1n) is 10.7. The van der Waals surface area contributed by atoms with Gasteiger partial charge in [-0.15, -0.1) is 0 Å². The van der Waals surface area contributed by atoms with Gasteiger partial charge in [0.1, 0.15) is 18.2 Å². The minimum Gasteiger partial charge on any atom is -0.497 e. The summed E-state index contributed by atoms with van der Waals surface area (Å²) >= 11 is 0. The Hall–Kier alpha value is -4.06. The van der Waals surface area contributed by atoms with Gasteiger partial charge in [0.2, 0.25) is 0 Å². The van der Waals surface area contributed by atoms with Crippen LogP contribution in [-0.4, -0.2) is 30.4 Å². The van der Waals surface area contributed by atoms with Gasteiger partial charge in [-0.3, -0.25) is 9.36 Å². The fourth-order valence-electron chi connectivity index (χ4n) is 3.68. The van der Waals surface area contributed by atoms with E-state index in [-0.39, 0.29) is 12.2 Å². The van der Waals surface area contributed by atoms with E-state index in [1.165, 1.54) is 0 Å². The predicted molar refractivity (Wildman–Crippen MR) is 131 cm³/mol. The number of para-hydroxylation sites is 1. The van der Waals surface area contributed by atoms with Crippen molar-refractivity contribution in [3.05, 3.63) is 88.7 Å². The van der Waals surface area contributed by atoms with Crippen LogP contribution in [0.15, 0.2) is 77.6 Å². The topological polar surface area (TPSA) is 62.6 Å². The van der Waals surface area contributed by atoms with Crippen molar-refractivity contribution in [2.24, 2.45) is 0 Å². The van der Waals surface area contributed by atoms with Gasteiger partial charge in [0.05, 0.1) is 31.7 Å². The molecular weight excluding hydrogens is 416 g/mol. The van der Waals surface area contributed by atoms with Gasteiger partial charge in [0, 0.05) is 5.56 Å². The lowest BCUT2D eigenvalue weighted by atomic mass is 10.1. The maximum atomic E-state index is 13.3. The van der Waals surface area contributed by atoms with Gasteiger partial charge >= 0.3 is 0 Å². The summed E-state index contributed by atoms with van der Waals surface area (Å²) in [6.45, 7) is 2.58. The van der Waals surface area contributed by atoms with E-state index in [2.05, 4.69) is 0 Å². The lowest BCUT2D eigenvalue weighted by Gasteiger charge is -2.16. The molecule has 0 atom stereocenters. The third kappa shape index (κ3) is 4.75. The molecule has 4 aromatic rings. The van der Waals surface area contributed by atoms with Gasteiger partial charge in [0.25, 0.3) is 5.56 Å². The zero-order valence-corrected chi connectivity index (χ0v) is 18.9. The Kier molecular flexibility index (Phi) is 6.74. The number of hydrogen-bond donors (Lipinski definition) is 0. The molecular formula is C27H26N2O4. The summed E-state index contributed by atoms with van der Waals surface area (Å²) in [5.41, 5.74) is 2.41. The molecule has 1 heterocycles. The van der Waals surface area contributed by atoms with E-state index in [1.807, 2.05) is 79.7 Å². The van der Waals surface area contributed by atoms with Crippen LogP contribution < -0.4 is 19.8 Å². The summed E-state index contributed by atoms with van der Waals surface area (Å²) in [7, 11) is 3.23. The van der Waals surface area contributed by atoms with Crippen molar-refractivity contribution in [3.63, 3.8) is 0 Å². The Balaban J connectivity index is 1.67. The molecule has 0 saturated carbocycles. The zero-order chi connectivity index (χ0) is 23.2. The molecule has 0 bridgehead atoms. The lowest BCUT2D eigenvalue weighted by molar-refractivity contribution is 0.278. The summed E-state index contributed by atoms with van der Waals surface area (Å²) in [6, 6.07) is 20.6. The number of ether oxygens (including phenoxy) is 3. The number of allylic oxidation sites excluding steroid dienone is 1. The van der Waals surface area contributed by atoms with Crippen LogP contribution >= 0.6 is 0 Å². The first-order chi connectivity index (χ1) is 16.1. The second-order valence-corrected chi connectivity index (χ2v) is 7.40. The molecule has 0 N–H and O–H groups in total. The number of rotatable bonds is 8. The fraction of sp³-hybridized carbons (Fsp3) is 0.185. The van der Waals surface area contributed by atoms with E-state index in [1.54, 1.807) is 24.9 Å². The summed E-state index contributed by atoms with van der Waals surface area (Å²) < 4.78 is 18.4. The van der Waals surface area contributed by atoms with Crippen LogP contribution in [0.3, 0.4) is 0 Å². The average molecular weight is 443 g/mol. The zero-order valence-electron chi connectivity index (χ0n) is 18.9. The highest BCUT2D eigenvalue weighted by Gasteiger charge is 2.14. The molecule has 33 heavy (non-hydrogen) atoms. The molecule has 6 heteroatoms. The SMILES string of the molecule is CC=Cc1ccc(OCCn2c(-c3ccc(OC)cc3)nc3ccccc3c2=O)c(OC)c1. The largest absolute Gasteiger partial charge is 0.497 e. The van der Waals surface area contributed by atoms with Crippen LogP contribution in [0.1, 0.15) is 12.5 Å². The number of fused-ring (bicyclic) bond motifs is 1. The minimum atomic E-state index is -0.106. The maximum Gasteiger partial charge on any atom is 0.261 e. The smallest absolute Gasteiger partial charge is 0.261 e. The Bertz CT molecular complexity index is 1340. The van der Waals surface area contributed by atoms with E-state index >= 15 is 0 Å². The maximum absolute atomic E-state index is 13.3. The highest BCUT2D eigenvalue weighted by atomic mass is 16.5. The molecule has 0 radical (unpaired) electrons. The Morgan fingerprint density at radius 2 is 1.73 bits per heavy atom. The number of nitrogens with zero attached hydrogens (tertiary/aromatic N) is 2. The number of aromatic nitrogens is 2. The van der Waals surface area contributed by atoms with Crippen molar-refractivity contribution in [2.45, 2.75) is 13.5 Å². The Morgan fingerprint density at radius 3 is 2.45 bits per heavy atom. The summed E-state index contributed by atoms with van der Waals surface area (Å²) in [4.78, 5) is 18.1. The molecule has 0 saturated heterocycles. The van der Waals surface area contributed by atoms with Crippen molar-refractivity contribution in [2.75, 3.05) is 20.8 Å². The molecule has 168 valence electrons. The predicted octanol–water partition coefficient (Wildman–Crippen LogP) is 5.19. The molecule has 0 amide bonds. The molecule has 6 nitrogen and oxygen atoms in total. The normalized spacial score (nSPS) is 11.1. The lowest BCUT2D eigenvalue weighted by Crippen LogP contribution is -2.26. The molecule has 1 aromatic heterocycles. The molecule has 0 spiro atoms. The quantitative estimate of drug-likeness (QED) is 0.376. The average Bonchev–Trinajstić information content (AvgIpc) is 2.86. The number of hydrogen-bond acceptors (Lipinski definition) is 5. The van der Waals surface area contributed by atoms with Crippen LogP contribution in [0.4, 0.5) is 0 Å². The van der Waals surface area contributed by atoms with Gasteiger partial charge in [-0.05, 0) is 61.0 Å². The van der Waals surface area contributed by atoms with Gasteiger partial charge in [-0.2, -0.15) is 0 Å². The molecule has 0 unspecified atom stereocenters. The van der Waals surface area contributed by atoms with E-state index in [9.17, 15) is 4.79 Å². The highest BCUT2D eigenvalue weighted by molar-refractivity contribution is 5.79. The molecule has 0 fully saturated rings. The molecule has 0 aliphatic heterocycles. The van der Waals surface area contributed by atoms with Gasteiger partial charge < -0.3 is 14.2 Å². The minimum absolute atomic E-state index is 0.106. The number of benzene rings is 3. The van der Waals surface area contributed by atoms with Crippen molar-refractivity contribution >= 4 is 17.0 Å². The van der Waals surface area contributed by atoms with Crippen molar-refractivity contribution in [1.29, 1.82) is 0 Å². The van der Waals surface area contributed by atoms with Crippen molar-refractivity contribution < 1.29 is 14.2 Å². The molecule has 3 aromatic carbocycles. The molecule has 4 rings (SSSR count). The van der Waals surface area contributed by atoms with Crippen LogP contribution in [0.5, 0.6) is 17.2 Å². The van der Waals surface area contributed by atoms with Crippen LogP contribution in [0.2, 0.25) is 0 Å². The van der Waals surface area contributed by atoms with Crippen LogP contribution in [0.25, 0.3) is 28.4 Å². The highest BCUT2D eigenvalue weighted by Crippen LogP contribution is 2.29. The summed E-state index contributed by atoms with van der Waals surface area (Å²) in [6.07, 6.45) is 3.96. The Morgan fingerprint density at radius 1 is 0.939 bits per heavy atom. The van der Waals surface area contributed by atoms with Crippen LogP contribution in [0, 0.1) is 0 Å². The first kappa shape index (κ1) is 22.1. The van der Waals surface area contributed by atoms with E-state index in [0.717, 1.165) is 16.9 Å². The first-order valence-corrected chi connectivity index (χ1v) is 10.7. The van der Waals surface area contributed by atoms with Gasteiger partial charge in [-0.1, -0.05) is 30.4 Å². The van der Waals surface area contributed by atoms with Crippen molar-refractivity contribution in [3.8, 4) is 28.6 Å². The number of methoxy groups -OCH3 is 2. The van der Waals surface area contributed by atoms with Gasteiger partial charge in [-0.25, -0.2) is 4.98 Å². The van der Waals surface area contributed by atoms with Gasteiger partial charge in [0.15, 0.2) is 11.5 Å². The third-order valence-corrected chi connectivity index (χ3v) is 5.33. The standard InChI is InChI=1S/C27H26N2O4/c1-4-7-19-10-15-24(25(18-19)32-3)33-17-16-29-26(20-11-13-21(31-2)14-12-20)28-23-9-6-5-8-22(23)27(29)30/h4-15,18H,16-17H2,1-3H3. The monoisotopic (exact) mass is 442 g/mol. The second-order valence-electron chi connectivity index (χ2n) is 7.40.